The molecular weight excluding hydrogens is 457 g/mol. The lowest BCUT2D eigenvalue weighted by molar-refractivity contribution is -0.137. The number of benzene rings is 2. The van der Waals surface area contributed by atoms with E-state index in [9.17, 15) is 21.6 Å². The molecule has 0 radical (unpaired) electrons. The van der Waals surface area contributed by atoms with Crippen LogP contribution >= 0.6 is 0 Å². The number of nitrogens with zero attached hydrogens (tertiary/aromatic N) is 1. The van der Waals surface area contributed by atoms with Crippen molar-refractivity contribution in [3.63, 3.8) is 0 Å². The minimum absolute atomic E-state index is 0.0330. The van der Waals surface area contributed by atoms with Crippen LogP contribution in [0.4, 0.5) is 13.2 Å². The highest BCUT2D eigenvalue weighted by Crippen LogP contribution is 2.38. The molecule has 0 spiro atoms. The topological polar surface area (TPSA) is 69.6 Å². The van der Waals surface area contributed by atoms with E-state index in [4.69, 9.17) is 9.47 Å². The Morgan fingerprint density at radius 3 is 2.52 bits per heavy atom. The fourth-order valence-corrected chi connectivity index (χ4v) is 5.50. The van der Waals surface area contributed by atoms with Crippen molar-refractivity contribution in [1.29, 1.82) is 0 Å². The van der Waals surface area contributed by atoms with Gasteiger partial charge in [0.2, 0.25) is 0 Å². The molecule has 33 heavy (non-hydrogen) atoms. The van der Waals surface area contributed by atoms with Gasteiger partial charge in [-0.25, -0.2) is 12.4 Å². The molecule has 0 bridgehead atoms. The van der Waals surface area contributed by atoms with E-state index in [-0.39, 0.29) is 15.8 Å². The number of alkyl halides is 3. The molecule has 2 aliphatic rings. The number of nitrogens with one attached hydrogen (secondary N) is 1. The standard InChI is InChI=1S/C23H21F3N2O4S/c24-23(25,26)16-2-4-20-18(12-16)19(15-6-8-27-9-7-15)14-28(20)33(29,30)17-3-5-21-22(13-17)32-11-1-10-31-21/h2-6,12-14,27H,1,7-11H2. The minimum atomic E-state index is -4.54. The molecule has 2 aromatic carbocycles. The molecule has 0 atom stereocenters. The van der Waals surface area contributed by atoms with E-state index in [0.717, 1.165) is 21.7 Å². The van der Waals surface area contributed by atoms with E-state index < -0.39 is 21.8 Å². The Morgan fingerprint density at radius 2 is 1.79 bits per heavy atom. The van der Waals surface area contributed by atoms with Crippen molar-refractivity contribution < 1.29 is 31.1 Å². The van der Waals surface area contributed by atoms with Gasteiger partial charge >= 0.3 is 6.18 Å². The van der Waals surface area contributed by atoms with Crippen LogP contribution < -0.4 is 14.8 Å². The second kappa shape index (κ2) is 8.11. The second-order valence-corrected chi connectivity index (χ2v) is 9.73. The van der Waals surface area contributed by atoms with Gasteiger partial charge in [-0.05, 0) is 48.9 Å². The third-order valence-corrected chi connectivity index (χ3v) is 7.45. The highest BCUT2D eigenvalue weighted by Gasteiger charge is 2.32. The summed E-state index contributed by atoms with van der Waals surface area (Å²) in [6, 6.07) is 7.50. The maximum absolute atomic E-state index is 13.6. The summed E-state index contributed by atoms with van der Waals surface area (Å²) in [5, 5.41) is 3.40. The number of hydrogen-bond acceptors (Lipinski definition) is 5. The van der Waals surface area contributed by atoms with E-state index in [1.807, 2.05) is 6.08 Å². The average molecular weight is 478 g/mol. The molecule has 3 heterocycles. The predicted molar refractivity (Wildman–Crippen MR) is 117 cm³/mol. The largest absolute Gasteiger partial charge is 0.490 e. The first-order chi connectivity index (χ1) is 15.7. The summed E-state index contributed by atoms with van der Waals surface area (Å²) in [7, 11) is -4.12. The van der Waals surface area contributed by atoms with Crippen molar-refractivity contribution in [3.8, 4) is 11.5 Å². The Labute approximate surface area is 188 Å². The summed E-state index contributed by atoms with van der Waals surface area (Å²) in [4.78, 5) is -0.0330. The fraction of sp³-hybridized carbons (Fsp3) is 0.304. The van der Waals surface area contributed by atoms with Gasteiger partial charge < -0.3 is 14.8 Å². The van der Waals surface area contributed by atoms with Gasteiger partial charge in [-0.15, -0.1) is 0 Å². The lowest BCUT2D eigenvalue weighted by atomic mass is 9.98. The van der Waals surface area contributed by atoms with Crippen molar-refractivity contribution in [2.24, 2.45) is 0 Å². The Hall–Kier alpha value is -2.98. The van der Waals surface area contributed by atoms with Crippen molar-refractivity contribution in [1.82, 2.24) is 9.29 Å². The molecule has 0 amide bonds. The smallest absolute Gasteiger partial charge is 0.416 e. The van der Waals surface area contributed by atoms with Crippen LogP contribution in [-0.2, 0) is 16.2 Å². The van der Waals surface area contributed by atoms with E-state index in [2.05, 4.69) is 5.32 Å². The Balaban J connectivity index is 1.69. The predicted octanol–water partition coefficient (Wildman–Crippen LogP) is 4.44. The number of halogens is 3. The number of rotatable bonds is 3. The number of ether oxygens (including phenoxy) is 2. The first-order valence-corrected chi connectivity index (χ1v) is 12.0. The molecule has 0 saturated heterocycles. The van der Waals surface area contributed by atoms with Gasteiger partial charge in [0.25, 0.3) is 10.0 Å². The maximum Gasteiger partial charge on any atom is 0.416 e. The first-order valence-electron chi connectivity index (χ1n) is 10.5. The molecule has 1 N–H and O–H groups in total. The number of fused-ring (bicyclic) bond motifs is 2. The molecule has 6 nitrogen and oxygen atoms in total. The molecule has 5 rings (SSSR count). The first kappa shape index (κ1) is 21.8. The van der Waals surface area contributed by atoms with Gasteiger partial charge in [0.15, 0.2) is 11.5 Å². The van der Waals surface area contributed by atoms with Crippen molar-refractivity contribution in [3.05, 3.63) is 59.8 Å². The van der Waals surface area contributed by atoms with Gasteiger partial charge in [-0.1, -0.05) is 6.08 Å². The third kappa shape index (κ3) is 3.97. The van der Waals surface area contributed by atoms with E-state index >= 15 is 0 Å². The monoisotopic (exact) mass is 478 g/mol. The van der Waals surface area contributed by atoms with E-state index in [0.29, 0.717) is 56.2 Å². The van der Waals surface area contributed by atoms with Crippen LogP contribution in [0.5, 0.6) is 11.5 Å². The molecule has 0 unspecified atom stereocenters. The van der Waals surface area contributed by atoms with Crippen LogP contribution in [0.1, 0.15) is 24.0 Å². The average Bonchev–Trinajstić information content (AvgIpc) is 3.03. The van der Waals surface area contributed by atoms with Crippen LogP contribution in [0.25, 0.3) is 16.5 Å². The quantitative estimate of drug-likeness (QED) is 0.603. The van der Waals surface area contributed by atoms with Gasteiger partial charge in [-0.3, -0.25) is 0 Å². The maximum atomic E-state index is 13.6. The molecule has 2 aliphatic heterocycles. The number of hydrogen-bond donors (Lipinski definition) is 1. The summed E-state index contributed by atoms with van der Waals surface area (Å²) in [5.74, 6) is 0.782. The lowest BCUT2D eigenvalue weighted by Crippen LogP contribution is -2.20. The molecule has 1 aromatic heterocycles. The summed E-state index contributed by atoms with van der Waals surface area (Å²) in [5.41, 5.74) is 0.655. The van der Waals surface area contributed by atoms with Crippen LogP contribution in [0.3, 0.4) is 0 Å². The van der Waals surface area contributed by atoms with E-state index in [1.165, 1.54) is 30.5 Å². The fourth-order valence-electron chi connectivity index (χ4n) is 4.12. The third-order valence-electron chi connectivity index (χ3n) is 5.78. The van der Waals surface area contributed by atoms with Crippen LogP contribution in [0, 0.1) is 0 Å². The van der Waals surface area contributed by atoms with Gasteiger partial charge in [0.1, 0.15) is 0 Å². The molecule has 0 saturated carbocycles. The lowest BCUT2D eigenvalue weighted by Gasteiger charge is -2.13. The SMILES string of the molecule is O=S(=O)(c1ccc2c(c1)OCCCO2)n1cc(C2=CCNCC2)c2cc(C(F)(F)F)ccc21. The van der Waals surface area contributed by atoms with Crippen LogP contribution in [0.2, 0.25) is 0 Å². The van der Waals surface area contributed by atoms with Crippen molar-refractivity contribution in [2.75, 3.05) is 26.3 Å². The van der Waals surface area contributed by atoms with Gasteiger partial charge in [-0.2, -0.15) is 13.2 Å². The molecule has 0 fully saturated rings. The van der Waals surface area contributed by atoms with Crippen molar-refractivity contribution in [2.45, 2.75) is 23.9 Å². The summed E-state index contributed by atoms with van der Waals surface area (Å²) < 4.78 is 79.7. The van der Waals surface area contributed by atoms with Crippen LogP contribution in [0.15, 0.2) is 53.6 Å². The summed E-state index contributed by atoms with van der Waals surface area (Å²) in [6.07, 6.45) is 0.0139. The minimum Gasteiger partial charge on any atom is -0.490 e. The highest BCUT2D eigenvalue weighted by atomic mass is 32.2. The Bertz CT molecular complexity index is 1360. The summed E-state index contributed by atoms with van der Waals surface area (Å²) >= 11 is 0. The van der Waals surface area contributed by atoms with Gasteiger partial charge in [0.05, 0.1) is 29.2 Å². The molecular formula is C23H21F3N2O4S. The van der Waals surface area contributed by atoms with Gasteiger partial charge in [0, 0.05) is 36.2 Å². The second-order valence-electron chi connectivity index (χ2n) is 7.92. The molecule has 0 aliphatic carbocycles. The van der Waals surface area contributed by atoms with Crippen LogP contribution in [-0.4, -0.2) is 38.7 Å². The Kier molecular flexibility index (Phi) is 5.37. The zero-order chi connectivity index (χ0) is 23.2. The molecule has 3 aromatic rings. The highest BCUT2D eigenvalue weighted by molar-refractivity contribution is 7.90. The number of aromatic nitrogens is 1. The molecule has 174 valence electrons. The van der Waals surface area contributed by atoms with Crippen molar-refractivity contribution >= 4 is 26.5 Å². The Morgan fingerprint density at radius 1 is 1.00 bits per heavy atom. The van der Waals surface area contributed by atoms with E-state index in [1.54, 1.807) is 0 Å². The molecule has 10 heteroatoms. The normalized spacial score (nSPS) is 17.0. The summed E-state index contributed by atoms with van der Waals surface area (Å²) in [6.45, 7) is 2.09. The zero-order valence-corrected chi connectivity index (χ0v) is 18.3. The zero-order valence-electron chi connectivity index (χ0n) is 17.5.